The molecule has 0 saturated carbocycles. The molecule has 0 aliphatic heterocycles. The first-order valence-corrected chi connectivity index (χ1v) is 5.50. The van der Waals surface area contributed by atoms with Gasteiger partial charge >= 0.3 is 0 Å². The summed E-state index contributed by atoms with van der Waals surface area (Å²) in [6.45, 7) is 4.13. The first kappa shape index (κ1) is 10.9. The highest BCUT2D eigenvalue weighted by Crippen LogP contribution is 2.16. The largest absolute Gasteiger partial charge is 0.328 e. The van der Waals surface area contributed by atoms with Crippen molar-refractivity contribution in [1.82, 2.24) is 9.55 Å². The van der Waals surface area contributed by atoms with Crippen LogP contribution in [0.5, 0.6) is 0 Å². The fourth-order valence-corrected chi connectivity index (χ4v) is 1.83. The summed E-state index contributed by atoms with van der Waals surface area (Å²) in [4.78, 5) is 4.07. The molecular weight excluding hydrogens is 198 g/mol. The van der Waals surface area contributed by atoms with Crippen LogP contribution in [0.1, 0.15) is 18.1 Å². The number of nitrogens with zero attached hydrogens (tertiary/aromatic N) is 2. The third-order valence-corrected chi connectivity index (χ3v) is 2.61. The molecule has 0 radical (unpaired) electrons. The molecule has 2 N–H and O–H groups in total. The van der Waals surface area contributed by atoms with Crippen LogP contribution in [-0.4, -0.2) is 15.6 Å². The molecule has 0 aliphatic rings. The van der Waals surface area contributed by atoms with Crippen LogP contribution >= 0.6 is 0 Å². The van der Waals surface area contributed by atoms with Gasteiger partial charge in [-0.2, -0.15) is 0 Å². The predicted octanol–water partition coefficient (Wildman–Crippen LogP) is 2.07. The van der Waals surface area contributed by atoms with E-state index in [9.17, 15) is 0 Å². The van der Waals surface area contributed by atoms with E-state index in [0.717, 1.165) is 6.42 Å². The number of rotatable bonds is 3. The second kappa shape index (κ2) is 4.49. The van der Waals surface area contributed by atoms with Crippen molar-refractivity contribution in [3.8, 4) is 5.69 Å². The quantitative estimate of drug-likeness (QED) is 0.851. The van der Waals surface area contributed by atoms with Crippen LogP contribution in [0, 0.1) is 6.92 Å². The normalized spacial score (nSPS) is 12.7. The average molecular weight is 215 g/mol. The van der Waals surface area contributed by atoms with Crippen LogP contribution in [0.4, 0.5) is 0 Å². The van der Waals surface area contributed by atoms with Gasteiger partial charge in [0.2, 0.25) is 0 Å². The lowest BCUT2D eigenvalue weighted by Gasteiger charge is -2.11. The van der Waals surface area contributed by atoms with Crippen LogP contribution < -0.4 is 5.73 Å². The van der Waals surface area contributed by atoms with Crippen molar-refractivity contribution in [3.05, 3.63) is 48.0 Å². The number of aromatic nitrogens is 2. The maximum absolute atomic E-state index is 5.81. The molecule has 3 nitrogen and oxygen atoms in total. The number of benzene rings is 1. The Kier molecular flexibility index (Phi) is 3.06. The van der Waals surface area contributed by atoms with Crippen LogP contribution in [0.15, 0.2) is 36.9 Å². The van der Waals surface area contributed by atoms with E-state index in [0.29, 0.717) is 0 Å². The molecule has 0 fully saturated rings. The summed E-state index contributed by atoms with van der Waals surface area (Å²) in [7, 11) is 0. The minimum absolute atomic E-state index is 0.193. The Morgan fingerprint density at radius 3 is 2.88 bits per heavy atom. The summed E-state index contributed by atoms with van der Waals surface area (Å²) in [5.41, 5.74) is 9.50. The van der Waals surface area contributed by atoms with E-state index in [-0.39, 0.29) is 6.04 Å². The predicted molar refractivity (Wildman–Crippen MR) is 65.7 cm³/mol. The van der Waals surface area contributed by atoms with Gasteiger partial charge in [-0.15, -0.1) is 0 Å². The lowest BCUT2D eigenvalue weighted by atomic mass is 10.0. The molecule has 0 aliphatic carbocycles. The molecule has 1 unspecified atom stereocenters. The van der Waals surface area contributed by atoms with Gasteiger partial charge in [-0.25, -0.2) is 4.98 Å². The molecule has 0 spiro atoms. The highest BCUT2D eigenvalue weighted by atomic mass is 15.0. The van der Waals surface area contributed by atoms with E-state index < -0.39 is 0 Å². The lowest BCUT2D eigenvalue weighted by Crippen LogP contribution is -2.17. The SMILES string of the molecule is Cc1ccc(CC(C)N)cc1-n1ccnc1. The van der Waals surface area contributed by atoms with Crippen molar-refractivity contribution in [2.45, 2.75) is 26.3 Å². The fraction of sp³-hybridized carbons (Fsp3) is 0.308. The molecule has 1 heterocycles. The van der Waals surface area contributed by atoms with Crippen LogP contribution in [-0.2, 0) is 6.42 Å². The fourth-order valence-electron chi connectivity index (χ4n) is 1.83. The Bertz CT molecular complexity index is 458. The van der Waals surface area contributed by atoms with Crippen molar-refractivity contribution >= 4 is 0 Å². The summed E-state index contributed by atoms with van der Waals surface area (Å²) in [5.74, 6) is 0. The minimum Gasteiger partial charge on any atom is -0.328 e. The highest BCUT2D eigenvalue weighted by Gasteiger charge is 2.04. The van der Waals surface area contributed by atoms with Gasteiger partial charge in [-0.1, -0.05) is 12.1 Å². The van der Waals surface area contributed by atoms with E-state index in [1.807, 2.05) is 24.0 Å². The molecule has 1 aromatic heterocycles. The number of nitrogens with two attached hydrogens (primary N) is 1. The summed E-state index contributed by atoms with van der Waals surface area (Å²) < 4.78 is 2.03. The van der Waals surface area contributed by atoms with Crippen molar-refractivity contribution < 1.29 is 0 Å². The molecular formula is C13H17N3. The highest BCUT2D eigenvalue weighted by molar-refractivity contribution is 5.43. The van der Waals surface area contributed by atoms with Gasteiger partial charge in [-0.05, 0) is 37.5 Å². The van der Waals surface area contributed by atoms with Gasteiger partial charge in [0.05, 0.1) is 6.33 Å². The number of hydrogen-bond acceptors (Lipinski definition) is 2. The number of imidazole rings is 1. The molecule has 0 amide bonds. The van der Waals surface area contributed by atoms with Gasteiger partial charge in [0.15, 0.2) is 0 Å². The summed E-state index contributed by atoms with van der Waals surface area (Å²) in [6, 6.07) is 6.64. The Labute approximate surface area is 95.9 Å². The zero-order valence-electron chi connectivity index (χ0n) is 9.72. The molecule has 3 heteroatoms. The second-order valence-electron chi connectivity index (χ2n) is 4.27. The molecule has 84 valence electrons. The molecule has 1 aromatic carbocycles. The summed E-state index contributed by atoms with van der Waals surface area (Å²) >= 11 is 0. The lowest BCUT2D eigenvalue weighted by molar-refractivity contribution is 0.737. The van der Waals surface area contributed by atoms with Crippen LogP contribution in [0.3, 0.4) is 0 Å². The van der Waals surface area contributed by atoms with Gasteiger partial charge in [0.1, 0.15) is 0 Å². The first-order chi connectivity index (χ1) is 7.66. The van der Waals surface area contributed by atoms with Crippen molar-refractivity contribution in [2.75, 3.05) is 0 Å². The van der Waals surface area contributed by atoms with Crippen molar-refractivity contribution in [2.24, 2.45) is 5.73 Å². The van der Waals surface area contributed by atoms with E-state index in [4.69, 9.17) is 5.73 Å². The Morgan fingerprint density at radius 2 is 2.25 bits per heavy atom. The van der Waals surface area contributed by atoms with Crippen LogP contribution in [0.2, 0.25) is 0 Å². The van der Waals surface area contributed by atoms with E-state index in [2.05, 4.69) is 30.1 Å². The van der Waals surface area contributed by atoms with E-state index >= 15 is 0 Å². The zero-order chi connectivity index (χ0) is 11.5. The molecule has 16 heavy (non-hydrogen) atoms. The first-order valence-electron chi connectivity index (χ1n) is 5.50. The third-order valence-electron chi connectivity index (χ3n) is 2.61. The van der Waals surface area contributed by atoms with Gasteiger partial charge in [-0.3, -0.25) is 0 Å². The average Bonchev–Trinajstić information content (AvgIpc) is 2.73. The third kappa shape index (κ3) is 2.31. The van der Waals surface area contributed by atoms with Crippen molar-refractivity contribution in [1.29, 1.82) is 0 Å². The molecule has 1 atom stereocenters. The second-order valence-corrected chi connectivity index (χ2v) is 4.27. The zero-order valence-corrected chi connectivity index (χ0v) is 9.72. The molecule has 0 bridgehead atoms. The maximum atomic E-state index is 5.81. The standard InChI is InChI=1S/C13H17N3/c1-10-3-4-12(7-11(2)14)8-13(10)16-6-5-15-9-16/h3-6,8-9,11H,7,14H2,1-2H3. The monoisotopic (exact) mass is 215 g/mol. The summed E-state index contributed by atoms with van der Waals surface area (Å²) in [5, 5.41) is 0. The Hall–Kier alpha value is -1.61. The van der Waals surface area contributed by atoms with Gasteiger partial charge in [0, 0.05) is 24.1 Å². The van der Waals surface area contributed by atoms with Crippen molar-refractivity contribution in [3.63, 3.8) is 0 Å². The minimum atomic E-state index is 0.193. The van der Waals surface area contributed by atoms with Crippen LogP contribution in [0.25, 0.3) is 5.69 Å². The maximum Gasteiger partial charge on any atom is 0.0991 e. The Balaban J connectivity index is 2.37. The van der Waals surface area contributed by atoms with E-state index in [1.54, 1.807) is 6.20 Å². The molecule has 2 aromatic rings. The number of aryl methyl sites for hydroxylation is 1. The van der Waals surface area contributed by atoms with E-state index in [1.165, 1.54) is 16.8 Å². The molecule has 0 saturated heterocycles. The Morgan fingerprint density at radius 1 is 1.44 bits per heavy atom. The molecule has 2 rings (SSSR count). The van der Waals surface area contributed by atoms with Gasteiger partial charge in [0.25, 0.3) is 0 Å². The topological polar surface area (TPSA) is 43.8 Å². The smallest absolute Gasteiger partial charge is 0.0991 e. The van der Waals surface area contributed by atoms with Gasteiger partial charge < -0.3 is 10.3 Å². The summed E-state index contributed by atoms with van der Waals surface area (Å²) in [6.07, 6.45) is 6.47. The number of hydrogen-bond donors (Lipinski definition) is 1.